The normalized spacial score (nSPS) is 2.00. The summed E-state index contributed by atoms with van der Waals surface area (Å²) in [5.74, 6) is 0. The molecule has 0 rings (SSSR count). The first kappa shape index (κ1) is 17.0. The minimum absolute atomic E-state index is 0. The van der Waals surface area contributed by atoms with Crippen molar-refractivity contribution < 1.29 is 32.7 Å². The van der Waals surface area contributed by atoms with E-state index in [0.29, 0.717) is 0 Å². The molecule has 0 heterocycles. The maximum Gasteiger partial charge on any atom is 0 e. The van der Waals surface area contributed by atoms with Crippen molar-refractivity contribution in [3.63, 3.8) is 0 Å². The van der Waals surface area contributed by atoms with Gasteiger partial charge in [0.1, 0.15) is 0 Å². The summed E-state index contributed by atoms with van der Waals surface area (Å²) in [6.45, 7) is 12.0. The second kappa shape index (κ2) is 100. The number of rotatable bonds is 0. The number of hydrogen-bond donors (Lipinski definition) is 0. The van der Waals surface area contributed by atoms with E-state index in [2.05, 4.69) is 27.7 Å². The SMILES string of the molecule is [CH2+][CH2-].[CH2+][CH2-].[Y]. The zero-order chi connectivity index (χ0) is 4.00. The first-order chi connectivity index (χ1) is 2.00. The second-order valence-electron chi connectivity index (χ2n) is 0. The molecule has 0 saturated heterocycles. The molecule has 27 valence electrons. The van der Waals surface area contributed by atoms with Crippen LogP contribution in [0.5, 0.6) is 0 Å². The van der Waals surface area contributed by atoms with Crippen LogP contribution in [0.15, 0.2) is 0 Å². The van der Waals surface area contributed by atoms with Crippen LogP contribution in [0.4, 0.5) is 0 Å². The fraction of sp³-hybridized carbons (Fsp3) is 0. The smallest absolute Gasteiger partial charge is 0 e. The van der Waals surface area contributed by atoms with Crippen LogP contribution in [0.1, 0.15) is 0 Å². The van der Waals surface area contributed by atoms with E-state index in [1.54, 1.807) is 0 Å². The maximum absolute atomic E-state index is 3.00. The van der Waals surface area contributed by atoms with Gasteiger partial charge in [-0.2, -0.15) is 13.8 Å². The molecule has 0 saturated carbocycles. The Labute approximate surface area is 60.2 Å². The molecule has 0 aromatic rings. The van der Waals surface area contributed by atoms with Crippen LogP contribution in [-0.2, 0) is 32.7 Å². The third kappa shape index (κ3) is 55.0. The van der Waals surface area contributed by atoms with Gasteiger partial charge in [-0.25, -0.2) is 0 Å². The van der Waals surface area contributed by atoms with Crippen molar-refractivity contribution in [3.8, 4) is 0 Å². The van der Waals surface area contributed by atoms with E-state index >= 15 is 0 Å². The summed E-state index contributed by atoms with van der Waals surface area (Å²) in [4.78, 5) is 0. The second-order valence-corrected chi connectivity index (χ2v) is 0. The van der Waals surface area contributed by atoms with Crippen LogP contribution in [0, 0.1) is 27.7 Å². The van der Waals surface area contributed by atoms with E-state index in [1.165, 1.54) is 0 Å². The quantitative estimate of drug-likeness (QED) is 0.450. The first-order valence-electron chi connectivity index (χ1n) is 1.000. The average molecular weight is 145 g/mol. The molecule has 5 heavy (non-hydrogen) atoms. The molecule has 0 fully saturated rings. The topological polar surface area (TPSA) is 0 Å². The Balaban J connectivity index is -0.0000000133. The Kier molecular flexibility index (Phi) is 341. The van der Waals surface area contributed by atoms with Gasteiger partial charge in [-0.1, -0.05) is 13.8 Å². The van der Waals surface area contributed by atoms with Gasteiger partial charge in [-0.05, 0) is 0 Å². The van der Waals surface area contributed by atoms with E-state index in [-0.39, 0.29) is 32.7 Å². The third-order valence-electron chi connectivity index (χ3n) is 0. The van der Waals surface area contributed by atoms with E-state index in [0.717, 1.165) is 0 Å². The predicted molar refractivity (Wildman–Crippen MR) is 21.4 cm³/mol. The maximum atomic E-state index is 3.00. The molecule has 0 atom stereocenters. The van der Waals surface area contributed by atoms with Crippen LogP contribution < -0.4 is 0 Å². The fourth-order valence-electron chi connectivity index (χ4n) is 0. The molecule has 1 radical (unpaired) electrons. The summed E-state index contributed by atoms with van der Waals surface area (Å²) < 4.78 is 0. The van der Waals surface area contributed by atoms with Crippen LogP contribution in [0.3, 0.4) is 0 Å². The molecule has 0 nitrogen and oxygen atoms in total. The Morgan fingerprint density at radius 3 is 0.800 bits per heavy atom. The van der Waals surface area contributed by atoms with Crippen LogP contribution >= 0.6 is 0 Å². The summed E-state index contributed by atoms with van der Waals surface area (Å²) in [5, 5.41) is 0. The predicted octanol–water partition coefficient (Wildman–Crippen LogP) is 1.31. The van der Waals surface area contributed by atoms with Gasteiger partial charge in [-0.3, -0.25) is 0 Å². The largest absolute Gasteiger partial charge is 0.152 e. The van der Waals surface area contributed by atoms with E-state index < -0.39 is 0 Å². The zero-order valence-corrected chi connectivity index (χ0v) is 6.24. The molecule has 0 aromatic heterocycles. The summed E-state index contributed by atoms with van der Waals surface area (Å²) >= 11 is 0. The van der Waals surface area contributed by atoms with E-state index in [1.807, 2.05) is 0 Å². The molecular weight excluding hydrogens is 137 g/mol. The monoisotopic (exact) mass is 145 g/mol. The molecule has 0 aliphatic rings. The van der Waals surface area contributed by atoms with Crippen molar-refractivity contribution in [2.24, 2.45) is 0 Å². The Morgan fingerprint density at radius 1 is 0.800 bits per heavy atom. The molecule has 0 aliphatic carbocycles. The molecule has 0 aliphatic heterocycles. The van der Waals surface area contributed by atoms with Gasteiger partial charge in [0, 0.05) is 32.7 Å². The molecule has 0 N–H and O–H groups in total. The third-order valence-corrected chi connectivity index (χ3v) is 0. The minimum atomic E-state index is 0. The van der Waals surface area contributed by atoms with Gasteiger partial charge >= 0.3 is 0 Å². The van der Waals surface area contributed by atoms with Crippen LogP contribution in [0.25, 0.3) is 0 Å². The van der Waals surface area contributed by atoms with Gasteiger partial charge < -0.3 is 0 Å². The summed E-state index contributed by atoms with van der Waals surface area (Å²) in [7, 11) is 0. The van der Waals surface area contributed by atoms with Gasteiger partial charge in [0.25, 0.3) is 0 Å². The molecule has 0 amide bonds. The first-order valence-corrected chi connectivity index (χ1v) is 1.000. The molecule has 0 aromatic carbocycles. The summed E-state index contributed by atoms with van der Waals surface area (Å²) in [5.41, 5.74) is 0. The number of hydrogen-bond acceptors (Lipinski definition) is 0. The Morgan fingerprint density at radius 2 is 0.800 bits per heavy atom. The van der Waals surface area contributed by atoms with Crippen LogP contribution in [-0.4, -0.2) is 0 Å². The summed E-state index contributed by atoms with van der Waals surface area (Å²) in [6.07, 6.45) is 0. The van der Waals surface area contributed by atoms with E-state index in [9.17, 15) is 0 Å². The van der Waals surface area contributed by atoms with Gasteiger partial charge in [0.05, 0.1) is 0 Å². The zero-order valence-electron chi connectivity index (χ0n) is 3.41. The van der Waals surface area contributed by atoms with E-state index in [4.69, 9.17) is 0 Å². The van der Waals surface area contributed by atoms with Crippen molar-refractivity contribution >= 4 is 0 Å². The van der Waals surface area contributed by atoms with Gasteiger partial charge in [-0.15, -0.1) is 0 Å². The van der Waals surface area contributed by atoms with Gasteiger partial charge in [0.2, 0.25) is 0 Å². The van der Waals surface area contributed by atoms with Crippen molar-refractivity contribution in [1.82, 2.24) is 0 Å². The average Bonchev–Trinajstić information content (AvgIpc) is 1.50. The van der Waals surface area contributed by atoms with Crippen LogP contribution in [0.2, 0.25) is 0 Å². The molecule has 0 unspecified atom stereocenters. The summed E-state index contributed by atoms with van der Waals surface area (Å²) in [6, 6.07) is 0. The molecule has 1 heteroatoms. The molecular formula is C4H8Y. The molecule has 0 spiro atoms. The Hall–Kier alpha value is 0.844. The van der Waals surface area contributed by atoms with Crippen molar-refractivity contribution in [1.29, 1.82) is 0 Å². The fourth-order valence-corrected chi connectivity index (χ4v) is 0. The standard InChI is InChI=1S/2C2H4.Y/c2*1-2;/h2*1-2H2;. The van der Waals surface area contributed by atoms with Gasteiger partial charge in [0.15, 0.2) is 0 Å². The van der Waals surface area contributed by atoms with Crippen molar-refractivity contribution in [2.75, 3.05) is 0 Å². The molecule has 0 bridgehead atoms. The minimum Gasteiger partial charge on any atom is -0.152 e. The van der Waals surface area contributed by atoms with Crippen molar-refractivity contribution in [2.45, 2.75) is 0 Å². The Bertz CT molecular complexity index is 3.61. The van der Waals surface area contributed by atoms with Crippen molar-refractivity contribution in [3.05, 3.63) is 27.7 Å².